The van der Waals surface area contributed by atoms with Crippen molar-refractivity contribution in [1.29, 1.82) is 0 Å². The molecule has 0 spiro atoms. The van der Waals surface area contributed by atoms with Gasteiger partial charge in [-0.05, 0) is 30.7 Å². The molecule has 6 heteroatoms. The van der Waals surface area contributed by atoms with Gasteiger partial charge in [-0.3, -0.25) is 4.79 Å². The Morgan fingerprint density at radius 2 is 1.74 bits per heavy atom. The van der Waals surface area contributed by atoms with E-state index in [1.54, 1.807) is 56.4 Å². The van der Waals surface area contributed by atoms with Crippen LogP contribution in [-0.4, -0.2) is 33.9 Å². The number of carbonyl (C=O) groups is 1. The Morgan fingerprint density at radius 1 is 1.17 bits per heavy atom. The number of carbonyl (C=O) groups excluding carboxylic acids is 1. The molecule has 1 aromatic heterocycles. The third kappa shape index (κ3) is 3.90. The van der Waals surface area contributed by atoms with Gasteiger partial charge in [0.25, 0.3) is 0 Å². The summed E-state index contributed by atoms with van der Waals surface area (Å²) in [7, 11) is 1.69. The minimum atomic E-state index is -0.495. The normalized spacial score (nSPS) is 14.8. The van der Waals surface area contributed by atoms with Gasteiger partial charge in [0, 0.05) is 25.5 Å². The Kier molecular flexibility index (Phi) is 5.39. The van der Waals surface area contributed by atoms with Gasteiger partial charge >= 0.3 is 0 Å². The number of nitrogens with zero attached hydrogens (tertiary/aromatic N) is 3. The van der Waals surface area contributed by atoms with Crippen molar-refractivity contribution in [2.24, 2.45) is 11.7 Å². The maximum atomic E-state index is 13.2. The second-order valence-corrected chi connectivity index (χ2v) is 5.66. The molecule has 0 saturated heterocycles. The predicted molar refractivity (Wildman–Crippen MR) is 85.9 cm³/mol. The standard InChI is InChI=1S/C17H21FN4O/c1-11(12(2)19)17(23)22(3)15(16-20-9-4-10-21-16)13-5-7-14(18)8-6-13/h4-12,15H,19H2,1-3H3. The molecule has 0 aliphatic rings. The number of nitrogens with two attached hydrogens (primary N) is 1. The molecule has 0 aliphatic carbocycles. The van der Waals surface area contributed by atoms with Crippen LogP contribution in [0, 0.1) is 11.7 Å². The van der Waals surface area contributed by atoms with Crippen LogP contribution in [0.1, 0.15) is 31.3 Å². The van der Waals surface area contributed by atoms with E-state index in [2.05, 4.69) is 9.97 Å². The zero-order valence-electron chi connectivity index (χ0n) is 13.5. The molecule has 0 saturated carbocycles. The lowest BCUT2D eigenvalue weighted by Crippen LogP contribution is -2.42. The number of aromatic nitrogens is 2. The average Bonchev–Trinajstić information content (AvgIpc) is 2.56. The molecule has 1 aromatic carbocycles. The van der Waals surface area contributed by atoms with Crippen molar-refractivity contribution in [3.63, 3.8) is 0 Å². The molecule has 2 N–H and O–H groups in total. The molecule has 0 radical (unpaired) electrons. The van der Waals surface area contributed by atoms with Crippen LogP contribution in [0.3, 0.4) is 0 Å². The quantitative estimate of drug-likeness (QED) is 0.917. The summed E-state index contributed by atoms with van der Waals surface area (Å²) in [5, 5.41) is 0. The van der Waals surface area contributed by atoms with Gasteiger partial charge in [-0.1, -0.05) is 19.1 Å². The molecule has 3 unspecified atom stereocenters. The highest BCUT2D eigenvalue weighted by Crippen LogP contribution is 2.26. The molecule has 2 rings (SSSR count). The summed E-state index contributed by atoms with van der Waals surface area (Å²) in [6, 6.07) is 6.93. The molecule has 23 heavy (non-hydrogen) atoms. The zero-order valence-corrected chi connectivity index (χ0v) is 13.5. The van der Waals surface area contributed by atoms with Gasteiger partial charge in [-0.15, -0.1) is 0 Å². The number of hydrogen-bond donors (Lipinski definition) is 1. The van der Waals surface area contributed by atoms with Crippen LogP contribution in [0.2, 0.25) is 0 Å². The number of hydrogen-bond acceptors (Lipinski definition) is 4. The van der Waals surface area contributed by atoms with Gasteiger partial charge in [0.2, 0.25) is 5.91 Å². The molecule has 5 nitrogen and oxygen atoms in total. The first-order valence-corrected chi connectivity index (χ1v) is 7.46. The summed E-state index contributed by atoms with van der Waals surface area (Å²) in [5.41, 5.74) is 6.58. The topological polar surface area (TPSA) is 72.1 Å². The maximum Gasteiger partial charge on any atom is 0.227 e. The summed E-state index contributed by atoms with van der Waals surface area (Å²) in [5.74, 6) is -0.306. The highest BCUT2D eigenvalue weighted by atomic mass is 19.1. The van der Waals surface area contributed by atoms with E-state index in [4.69, 9.17) is 5.73 Å². The lowest BCUT2D eigenvalue weighted by Gasteiger charge is -2.30. The number of amides is 1. The van der Waals surface area contributed by atoms with E-state index in [1.807, 2.05) is 0 Å². The van der Waals surface area contributed by atoms with Gasteiger partial charge in [-0.2, -0.15) is 0 Å². The number of rotatable bonds is 5. The second kappa shape index (κ2) is 7.28. The SMILES string of the molecule is CC(N)C(C)C(=O)N(C)C(c1ccc(F)cc1)c1ncccn1. The van der Waals surface area contributed by atoms with Crippen LogP contribution in [0.25, 0.3) is 0 Å². The average molecular weight is 316 g/mol. The monoisotopic (exact) mass is 316 g/mol. The molecule has 2 aromatic rings. The first-order valence-electron chi connectivity index (χ1n) is 7.46. The maximum absolute atomic E-state index is 13.2. The molecule has 0 aliphatic heterocycles. The number of benzene rings is 1. The molecular formula is C17H21FN4O. The van der Waals surface area contributed by atoms with Crippen LogP contribution >= 0.6 is 0 Å². The Morgan fingerprint density at radius 3 is 2.26 bits per heavy atom. The fourth-order valence-electron chi connectivity index (χ4n) is 2.32. The molecule has 3 atom stereocenters. The summed E-state index contributed by atoms with van der Waals surface area (Å²) >= 11 is 0. The van der Waals surface area contributed by atoms with Gasteiger partial charge in [-0.25, -0.2) is 14.4 Å². The van der Waals surface area contributed by atoms with E-state index in [0.717, 1.165) is 5.56 Å². The first-order chi connectivity index (χ1) is 10.9. The summed E-state index contributed by atoms with van der Waals surface area (Å²) < 4.78 is 13.2. The van der Waals surface area contributed by atoms with Crippen molar-refractivity contribution >= 4 is 5.91 Å². The molecule has 0 fully saturated rings. The minimum Gasteiger partial charge on any atom is -0.331 e. The van der Waals surface area contributed by atoms with Crippen molar-refractivity contribution in [3.8, 4) is 0 Å². The molecule has 0 bridgehead atoms. The highest BCUT2D eigenvalue weighted by molar-refractivity contribution is 5.79. The van der Waals surface area contributed by atoms with E-state index in [9.17, 15) is 9.18 Å². The molecule has 122 valence electrons. The van der Waals surface area contributed by atoms with E-state index in [1.165, 1.54) is 12.1 Å². The third-order valence-corrected chi connectivity index (χ3v) is 3.93. The molecule has 1 amide bonds. The summed E-state index contributed by atoms with van der Waals surface area (Å²) in [6.45, 7) is 3.58. The van der Waals surface area contributed by atoms with E-state index >= 15 is 0 Å². The lowest BCUT2D eigenvalue weighted by atomic mass is 9.99. The Hall–Kier alpha value is -2.34. The van der Waals surface area contributed by atoms with Crippen LogP contribution < -0.4 is 5.73 Å². The second-order valence-electron chi connectivity index (χ2n) is 5.66. The summed E-state index contributed by atoms with van der Waals surface area (Å²) in [4.78, 5) is 22.7. The molecule has 1 heterocycles. The van der Waals surface area contributed by atoms with Gasteiger partial charge in [0.05, 0.1) is 5.92 Å². The minimum absolute atomic E-state index is 0.109. The predicted octanol–water partition coefficient (Wildman–Crippen LogP) is 2.15. The zero-order chi connectivity index (χ0) is 17.0. The van der Waals surface area contributed by atoms with Gasteiger partial charge < -0.3 is 10.6 Å². The van der Waals surface area contributed by atoms with Crippen LogP contribution in [-0.2, 0) is 4.79 Å². The largest absolute Gasteiger partial charge is 0.331 e. The van der Waals surface area contributed by atoms with E-state index in [-0.39, 0.29) is 23.7 Å². The fraction of sp³-hybridized carbons (Fsp3) is 0.353. The van der Waals surface area contributed by atoms with Crippen molar-refractivity contribution < 1.29 is 9.18 Å². The first kappa shape index (κ1) is 17.0. The lowest BCUT2D eigenvalue weighted by molar-refractivity contribution is -0.135. The van der Waals surface area contributed by atoms with Crippen molar-refractivity contribution in [2.75, 3.05) is 7.05 Å². The smallest absolute Gasteiger partial charge is 0.227 e. The fourth-order valence-corrected chi connectivity index (χ4v) is 2.32. The van der Waals surface area contributed by atoms with Crippen molar-refractivity contribution in [3.05, 3.63) is 59.9 Å². The van der Waals surface area contributed by atoms with Crippen molar-refractivity contribution in [2.45, 2.75) is 25.9 Å². The van der Waals surface area contributed by atoms with Gasteiger partial charge in [0.15, 0.2) is 5.82 Å². The number of halogens is 1. The van der Waals surface area contributed by atoms with E-state index in [0.29, 0.717) is 5.82 Å². The Balaban J connectivity index is 2.41. The Bertz CT molecular complexity index is 645. The Labute approximate surface area is 135 Å². The van der Waals surface area contributed by atoms with Crippen LogP contribution in [0.5, 0.6) is 0 Å². The van der Waals surface area contributed by atoms with E-state index < -0.39 is 6.04 Å². The van der Waals surface area contributed by atoms with Crippen molar-refractivity contribution in [1.82, 2.24) is 14.9 Å². The summed E-state index contributed by atoms with van der Waals surface area (Å²) in [6.07, 6.45) is 3.23. The molecular weight excluding hydrogens is 295 g/mol. The highest BCUT2D eigenvalue weighted by Gasteiger charge is 2.29. The van der Waals surface area contributed by atoms with Crippen LogP contribution in [0.4, 0.5) is 4.39 Å². The van der Waals surface area contributed by atoms with Gasteiger partial charge in [0.1, 0.15) is 11.9 Å². The third-order valence-electron chi connectivity index (χ3n) is 3.93. The van der Waals surface area contributed by atoms with Crippen LogP contribution in [0.15, 0.2) is 42.7 Å².